The molecule has 3 rings (SSSR count). The fourth-order valence-electron chi connectivity index (χ4n) is 3.37. The maximum absolute atomic E-state index is 12.5. The van der Waals surface area contributed by atoms with E-state index in [1.165, 1.54) is 0 Å². The van der Waals surface area contributed by atoms with Crippen LogP contribution in [-0.2, 0) is 16.1 Å². The van der Waals surface area contributed by atoms with Crippen molar-refractivity contribution in [3.05, 3.63) is 53.7 Å². The van der Waals surface area contributed by atoms with Crippen LogP contribution in [0, 0.1) is 6.92 Å². The number of benzene rings is 2. The monoisotopic (exact) mass is 411 g/mol. The second-order valence-corrected chi connectivity index (χ2v) is 6.54. The van der Waals surface area contributed by atoms with Crippen LogP contribution in [0.15, 0.2) is 42.5 Å². The van der Waals surface area contributed by atoms with Gasteiger partial charge in [0.05, 0.1) is 19.3 Å². The molecule has 2 aromatic carbocycles. The van der Waals surface area contributed by atoms with E-state index in [4.69, 9.17) is 18.9 Å². The quantitative estimate of drug-likeness (QED) is 0.410. The number of aromatic nitrogens is 1. The molecule has 0 N–H and O–H groups in total. The summed E-state index contributed by atoms with van der Waals surface area (Å²) in [6.07, 6.45) is 0. The van der Waals surface area contributed by atoms with Crippen LogP contribution in [0.4, 0.5) is 0 Å². The summed E-state index contributed by atoms with van der Waals surface area (Å²) in [5.74, 6) is 0.631. The molecule has 7 nitrogen and oxygen atoms in total. The lowest BCUT2D eigenvalue weighted by Crippen LogP contribution is -2.17. The predicted molar refractivity (Wildman–Crippen MR) is 112 cm³/mol. The average molecular weight is 411 g/mol. The van der Waals surface area contributed by atoms with Crippen molar-refractivity contribution in [2.45, 2.75) is 27.3 Å². The number of carbonyl (C=O) groups is 2. The van der Waals surface area contributed by atoms with Crippen molar-refractivity contribution in [3.8, 4) is 17.2 Å². The molecule has 0 atom stereocenters. The van der Waals surface area contributed by atoms with Gasteiger partial charge in [-0.2, -0.15) is 0 Å². The molecular formula is C23H25NO6. The minimum absolute atomic E-state index is 0.246. The molecule has 0 aliphatic heterocycles. The Balaban J connectivity index is 1.77. The van der Waals surface area contributed by atoms with E-state index in [2.05, 4.69) is 0 Å². The summed E-state index contributed by atoms with van der Waals surface area (Å²) in [5.41, 5.74) is 2.19. The Hall–Kier alpha value is -3.48. The van der Waals surface area contributed by atoms with Crippen LogP contribution in [0.2, 0.25) is 0 Å². The van der Waals surface area contributed by atoms with Crippen molar-refractivity contribution in [2.24, 2.45) is 0 Å². The zero-order valence-electron chi connectivity index (χ0n) is 17.6. The van der Waals surface area contributed by atoms with E-state index >= 15 is 0 Å². The van der Waals surface area contributed by atoms with Gasteiger partial charge in [0.15, 0.2) is 6.61 Å². The Bertz CT molecular complexity index is 1050. The predicted octanol–water partition coefficient (Wildman–Crippen LogP) is 4.14. The number of hydrogen-bond donors (Lipinski definition) is 0. The van der Waals surface area contributed by atoms with E-state index in [1.54, 1.807) is 50.4 Å². The van der Waals surface area contributed by atoms with Gasteiger partial charge in [0.2, 0.25) is 0 Å². The summed E-state index contributed by atoms with van der Waals surface area (Å²) in [4.78, 5) is 24.7. The lowest BCUT2D eigenvalue weighted by molar-refractivity contribution is -0.136. The van der Waals surface area contributed by atoms with Crippen molar-refractivity contribution >= 4 is 22.8 Å². The molecule has 7 heteroatoms. The van der Waals surface area contributed by atoms with Crippen LogP contribution in [-0.4, -0.2) is 36.8 Å². The number of nitrogens with zero attached hydrogens (tertiary/aromatic N) is 1. The van der Waals surface area contributed by atoms with Crippen molar-refractivity contribution < 1.29 is 28.5 Å². The first-order chi connectivity index (χ1) is 14.5. The molecule has 0 bridgehead atoms. The van der Waals surface area contributed by atoms with Crippen molar-refractivity contribution in [1.82, 2.24) is 4.57 Å². The van der Waals surface area contributed by atoms with Crippen LogP contribution in [0.3, 0.4) is 0 Å². The van der Waals surface area contributed by atoms with E-state index in [0.29, 0.717) is 34.7 Å². The number of ether oxygens (including phenoxy) is 4. The number of aryl methyl sites for hydroxylation is 1. The number of carbonyl (C=O) groups excluding carboxylic acids is 2. The van der Waals surface area contributed by atoms with E-state index < -0.39 is 11.9 Å². The summed E-state index contributed by atoms with van der Waals surface area (Å²) in [6, 6.07) is 12.1. The van der Waals surface area contributed by atoms with Gasteiger partial charge in [-0.25, -0.2) is 9.59 Å². The maximum Gasteiger partial charge on any atom is 0.349 e. The lowest BCUT2D eigenvalue weighted by atomic mass is 10.1. The summed E-state index contributed by atoms with van der Waals surface area (Å²) in [5, 5.41) is 0.689. The Kier molecular flexibility index (Phi) is 6.61. The van der Waals surface area contributed by atoms with Gasteiger partial charge >= 0.3 is 11.9 Å². The summed E-state index contributed by atoms with van der Waals surface area (Å²) in [6.45, 7) is 6.40. The van der Waals surface area contributed by atoms with E-state index in [9.17, 15) is 9.59 Å². The van der Waals surface area contributed by atoms with Crippen molar-refractivity contribution in [3.63, 3.8) is 0 Å². The van der Waals surface area contributed by atoms with Crippen molar-refractivity contribution in [1.29, 1.82) is 0 Å². The van der Waals surface area contributed by atoms with E-state index in [1.807, 2.05) is 24.5 Å². The molecule has 3 aromatic rings. The smallest absolute Gasteiger partial charge is 0.349 e. The molecule has 158 valence electrons. The maximum atomic E-state index is 12.5. The highest BCUT2D eigenvalue weighted by Crippen LogP contribution is 2.30. The summed E-state index contributed by atoms with van der Waals surface area (Å²) >= 11 is 0. The number of hydrogen-bond acceptors (Lipinski definition) is 6. The number of rotatable bonds is 8. The highest BCUT2D eigenvalue weighted by atomic mass is 16.6. The zero-order chi connectivity index (χ0) is 21.7. The van der Waals surface area contributed by atoms with Gasteiger partial charge in [-0.05, 0) is 63.2 Å². The van der Waals surface area contributed by atoms with Gasteiger partial charge in [0.1, 0.15) is 17.2 Å². The van der Waals surface area contributed by atoms with Crippen LogP contribution in [0.5, 0.6) is 17.2 Å². The van der Waals surface area contributed by atoms with Gasteiger partial charge in [-0.15, -0.1) is 0 Å². The highest BCUT2D eigenvalue weighted by Gasteiger charge is 2.21. The number of fused-ring (bicyclic) bond motifs is 1. The fraction of sp³-hybridized carbons (Fsp3) is 0.304. The van der Waals surface area contributed by atoms with E-state index in [-0.39, 0.29) is 13.2 Å². The molecule has 0 aliphatic rings. The first-order valence-electron chi connectivity index (χ1n) is 9.76. The van der Waals surface area contributed by atoms with E-state index in [0.717, 1.165) is 11.2 Å². The van der Waals surface area contributed by atoms with Crippen LogP contribution in [0.25, 0.3) is 10.9 Å². The molecule has 0 unspecified atom stereocenters. The topological polar surface area (TPSA) is 76.0 Å². The SMILES string of the molecule is CCOC(=O)c1c(C)n(CC)c2ccc(OC(=O)COc3ccc(OC)cc3)cc12. The molecular weight excluding hydrogens is 386 g/mol. The average Bonchev–Trinajstić information content (AvgIpc) is 3.03. The second-order valence-electron chi connectivity index (χ2n) is 6.54. The third-order valence-electron chi connectivity index (χ3n) is 4.74. The van der Waals surface area contributed by atoms with Gasteiger partial charge in [-0.3, -0.25) is 0 Å². The van der Waals surface area contributed by atoms with Gasteiger partial charge in [0, 0.05) is 23.1 Å². The molecule has 0 spiro atoms. The standard InChI is InChI=1S/C23H25NO6/c1-5-24-15(3)22(23(26)28-6-2)19-13-18(11-12-20(19)24)30-21(25)14-29-17-9-7-16(27-4)8-10-17/h7-13H,5-6,14H2,1-4H3. The summed E-state index contributed by atoms with van der Waals surface area (Å²) in [7, 11) is 1.58. The van der Waals surface area contributed by atoms with Crippen LogP contribution < -0.4 is 14.2 Å². The Morgan fingerprint density at radius 2 is 1.63 bits per heavy atom. The molecule has 0 saturated carbocycles. The van der Waals surface area contributed by atoms with Gasteiger partial charge < -0.3 is 23.5 Å². The number of esters is 2. The molecule has 0 fully saturated rings. The fourth-order valence-corrected chi connectivity index (χ4v) is 3.37. The lowest BCUT2D eigenvalue weighted by Gasteiger charge is -2.08. The zero-order valence-corrected chi connectivity index (χ0v) is 17.6. The molecule has 1 heterocycles. The minimum Gasteiger partial charge on any atom is -0.497 e. The van der Waals surface area contributed by atoms with Crippen molar-refractivity contribution in [2.75, 3.05) is 20.3 Å². The third-order valence-corrected chi connectivity index (χ3v) is 4.74. The summed E-state index contributed by atoms with van der Waals surface area (Å²) < 4.78 is 23.2. The molecule has 0 aliphatic carbocycles. The Morgan fingerprint density at radius 3 is 2.27 bits per heavy atom. The normalized spacial score (nSPS) is 10.7. The van der Waals surface area contributed by atoms with Crippen LogP contribution >= 0.6 is 0 Å². The molecule has 0 radical (unpaired) electrons. The first kappa shape index (κ1) is 21.2. The second kappa shape index (κ2) is 9.35. The Morgan fingerprint density at radius 1 is 0.967 bits per heavy atom. The van der Waals surface area contributed by atoms with Crippen LogP contribution in [0.1, 0.15) is 29.9 Å². The first-order valence-corrected chi connectivity index (χ1v) is 9.76. The molecule has 0 saturated heterocycles. The third kappa shape index (κ3) is 4.40. The largest absolute Gasteiger partial charge is 0.497 e. The van der Waals surface area contributed by atoms with Gasteiger partial charge in [0.25, 0.3) is 0 Å². The molecule has 30 heavy (non-hydrogen) atoms. The highest BCUT2D eigenvalue weighted by molar-refractivity contribution is 6.06. The minimum atomic E-state index is -0.547. The molecule has 1 aromatic heterocycles. The van der Waals surface area contributed by atoms with Gasteiger partial charge in [-0.1, -0.05) is 0 Å². The Labute approximate surface area is 175 Å². The number of methoxy groups -OCH3 is 1. The molecule has 0 amide bonds.